The van der Waals surface area contributed by atoms with Gasteiger partial charge in [-0.15, -0.1) is 0 Å². The van der Waals surface area contributed by atoms with E-state index in [4.69, 9.17) is 26.1 Å². The van der Waals surface area contributed by atoms with E-state index < -0.39 is 0 Å². The molecular formula is C33H28ClN3O4S. The Morgan fingerprint density at radius 1 is 1.02 bits per heavy atom. The summed E-state index contributed by atoms with van der Waals surface area (Å²) in [6, 6.07) is 26.7. The van der Waals surface area contributed by atoms with Crippen molar-refractivity contribution in [3.63, 3.8) is 0 Å². The van der Waals surface area contributed by atoms with E-state index in [9.17, 15) is 9.59 Å². The van der Waals surface area contributed by atoms with Crippen LogP contribution in [0.4, 0.5) is 5.69 Å². The van der Waals surface area contributed by atoms with Gasteiger partial charge in [0.2, 0.25) is 0 Å². The lowest BCUT2D eigenvalue weighted by Gasteiger charge is -2.26. The second kappa shape index (κ2) is 12.4. The molecule has 0 spiro atoms. The van der Waals surface area contributed by atoms with Gasteiger partial charge in [-0.3, -0.25) is 14.5 Å². The van der Waals surface area contributed by atoms with E-state index in [1.54, 1.807) is 24.1 Å². The van der Waals surface area contributed by atoms with Crippen molar-refractivity contribution in [2.75, 3.05) is 33.4 Å². The minimum Gasteiger partial charge on any atom is -0.488 e. The summed E-state index contributed by atoms with van der Waals surface area (Å²) in [4.78, 5) is 35.0. The van der Waals surface area contributed by atoms with Crippen LogP contribution < -0.4 is 4.74 Å². The van der Waals surface area contributed by atoms with E-state index in [1.807, 2.05) is 78.9 Å². The molecule has 2 saturated heterocycles. The number of likely N-dealkylation sites (N-methyl/N-ethyl adjacent to an activating group) is 1. The zero-order valence-corrected chi connectivity index (χ0v) is 24.5. The van der Waals surface area contributed by atoms with Gasteiger partial charge in [-0.2, -0.15) is 0 Å². The lowest BCUT2D eigenvalue weighted by molar-refractivity contribution is -0.121. The van der Waals surface area contributed by atoms with Crippen molar-refractivity contribution in [2.24, 2.45) is 4.99 Å². The summed E-state index contributed by atoms with van der Waals surface area (Å²) in [6.45, 7) is 2.57. The summed E-state index contributed by atoms with van der Waals surface area (Å²) in [5, 5.41) is 3.23. The molecule has 2 aliphatic rings. The number of carbonyl (C=O) groups excluding carboxylic acids is 2. The molecule has 6 rings (SSSR count). The smallest absolute Gasteiger partial charge is 0.266 e. The Morgan fingerprint density at radius 3 is 2.62 bits per heavy atom. The van der Waals surface area contributed by atoms with Crippen LogP contribution in [0.25, 0.3) is 16.8 Å². The Balaban J connectivity index is 1.29. The summed E-state index contributed by atoms with van der Waals surface area (Å²) in [5.74, 6) is 0.467. The van der Waals surface area contributed by atoms with Gasteiger partial charge < -0.3 is 14.4 Å². The number of hydrogen-bond donors (Lipinski definition) is 0. The SMILES string of the molecule is CN1C(=O)/C(=C\c2c(OCc3ccc(Cl)cc3)ccc3ccccc23)SC1=Nc1cccc(C(=O)N2CCOCC2)c1. The van der Waals surface area contributed by atoms with Crippen LogP contribution in [-0.2, 0) is 16.1 Å². The van der Waals surface area contributed by atoms with Gasteiger partial charge in [0.25, 0.3) is 11.8 Å². The number of thioether (sulfide) groups is 1. The van der Waals surface area contributed by atoms with E-state index in [0.717, 1.165) is 21.9 Å². The van der Waals surface area contributed by atoms with E-state index in [2.05, 4.69) is 0 Å². The molecule has 0 aliphatic carbocycles. The van der Waals surface area contributed by atoms with Crippen molar-refractivity contribution >= 4 is 62.9 Å². The molecule has 0 unspecified atom stereocenters. The maximum absolute atomic E-state index is 13.4. The van der Waals surface area contributed by atoms with Gasteiger partial charge >= 0.3 is 0 Å². The molecule has 0 radical (unpaired) electrons. The van der Waals surface area contributed by atoms with Crippen LogP contribution in [0.2, 0.25) is 5.02 Å². The normalized spacial score (nSPS) is 17.4. The molecule has 2 amide bonds. The molecule has 212 valence electrons. The summed E-state index contributed by atoms with van der Waals surface area (Å²) in [5.41, 5.74) is 2.98. The number of nitrogens with zero attached hydrogens (tertiary/aromatic N) is 3. The first kappa shape index (κ1) is 28.0. The van der Waals surface area contributed by atoms with Crippen molar-refractivity contribution in [3.8, 4) is 5.75 Å². The van der Waals surface area contributed by atoms with Gasteiger partial charge in [0.05, 0.1) is 23.8 Å². The Hall–Kier alpha value is -4.11. The van der Waals surface area contributed by atoms with Crippen LogP contribution in [-0.4, -0.2) is 60.1 Å². The highest BCUT2D eigenvalue weighted by molar-refractivity contribution is 8.18. The minimum atomic E-state index is -0.157. The van der Waals surface area contributed by atoms with Gasteiger partial charge in [-0.25, -0.2) is 4.99 Å². The highest BCUT2D eigenvalue weighted by Gasteiger charge is 2.31. The first-order valence-electron chi connectivity index (χ1n) is 13.6. The molecule has 2 fully saturated rings. The molecule has 9 heteroatoms. The molecule has 0 atom stereocenters. The number of carbonyl (C=O) groups is 2. The van der Waals surface area contributed by atoms with Crippen LogP contribution in [0.5, 0.6) is 5.75 Å². The number of amides is 2. The molecule has 0 aromatic heterocycles. The number of fused-ring (bicyclic) bond motifs is 1. The molecule has 7 nitrogen and oxygen atoms in total. The van der Waals surface area contributed by atoms with E-state index in [1.165, 1.54) is 16.7 Å². The van der Waals surface area contributed by atoms with Gasteiger partial charge in [-0.1, -0.05) is 60.1 Å². The van der Waals surface area contributed by atoms with Crippen LogP contribution in [0.3, 0.4) is 0 Å². The maximum atomic E-state index is 13.4. The largest absolute Gasteiger partial charge is 0.488 e. The molecular weight excluding hydrogens is 570 g/mol. The third-order valence-corrected chi connectivity index (χ3v) is 8.45. The monoisotopic (exact) mass is 597 g/mol. The number of benzene rings is 4. The summed E-state index contributed by atoms with van der Waals surface area (Å²) < 4.78 is 11.6. The lowest BCUT2D eigenvalue weighted by atomic mass is 10.0. The standard InChI is InChI=1S/C33H28ClN3O4S/c1-36-32(39)30(42-33(36)35-26-7-4-6-24(19-26)31(38)37-15-17-40-18-16-37)20-28-27-8-3-2-5-23(27)11-14-29(28)41-21-22-9-12-25(34)13-10-22/h2-14,19-20H,15-18,21H2,1H3/b30-20+,35-33?. The number of amidine groups is 1. The fourth-order valence-corrected chi connectivity index (χ4v) is 5.94. The van der Waals surface area contributed by atoms with Crippen LogP contribution in [0, 0.1) is 0 Å². The first-order chi connectivity index (χ1) is 20.5. The third kappa shape index (κ3) is 6.06. The van der Waals surface area contributed by atoms with Gasteiger partial charge in [0.1, 0.15) is 12.4 Å². The zero-order valence-electron chi connectivity index (χ0n) is 23.0. The quantitative estimate of drug-likeness (QED) is 0.229. The number of hydrogen-bond acceptors (Lipinski definition) is 6. The predicted molar refractivity (Wildman–Crippen MR) is 168 cm³/mol. The third-order valence-electron chi connectivity index (χ3n) is 7.13. The van der Waals surface area contributed by atoms with Crippen molar-refractivity contribution < 1.29 is 19.1 Å². The Labute approximate surface area is 253 Å². The first-order valence-corrected chi connectivity index (χ1v) is 14.8. The van der Waals surface area contributed by atoms with Crippen molar-refractivity contribution in [2.45, 2.75) is 6.61 Å². The summed E-state index contributed by atoms with van der Waals surface area (Å²) in [7, 11) is 1.71. The second-order valence-corrected chi connectivity index (χ2v) is 11.4. The predicted octanol–water partition coefficient (Wildman–Crippen LogP) is 6.78. The highest BCUT2D eigenvalue weighted by Crippen LogP contribution is 2.37. The number of aliphatic imine (C=N–C) groups is 1. The van der Waals surface area contributed by atoms with Crippen molar-refractivity contribution in [1.82, 2.24) is 9.80 Å². The molecule has 0 saturated carbocycles. The molecule has 0 bridgehead atoms. The average Bonchev–Trinajstić information content (AvgIpc) is 3.29. The van der Waals surface area contributed by atoms with E-state index >= 15 is 0 Å². The Bertz CT molecular complexity index is 1710. The van der Waals surface area contributed by atoms with E-state index in [0.29, 0.717) is 65.0 Å². The van der Waals surface area contributed by atoms with Gasteiger partial charge in [0.15, 0.2) is 5.17 Å². The average molecular weight is 598 g/mol. The minimum absolute atomic E-state index is 0.0495. The van der Waals surface area contributed by atoms with Gasteiger partial charge in [-0.05, 0) is 70.6 Å². The number of rotatable bonds is 6. The fraction of sp³-hybridized carbons (Fsp3) is 0.182. The molecule has 0 N–H and O–H groups in total. The molecule has 42 heavy (non-hydrogen) atoms. The summed E-state index contributed by atoms with van der Waals surface area (Å²) >= 11 is 7.34. The number of ether oxygens (including phenoxy) is 2. The van der Waals surface area contributed by atoms with Crippen LogP contribution in [0.1, 0.15) is 21.5 Å². The molecule has 2 heterocycles. The van der Waals surface area contributed by atoms with Gasteiger partial charge in [0, 0.05) is 36.3 Å². The van der Waals surface area contributed by atoms with Crippen molar-refractivity contribution in [3.05, 3.63) is 112 Å². The fourth-order valence-electron chi connectivity index (χ4n) is 4.84. The summed E-state index contributed by atoms with van der Waals surface area (Å²) in [6.07, 6.45) is 1.88. The van der Waals surface area contributed by atoms with Crippen LogP contribution >= 0.6 is 23.4 Å². The van der Waals surface area contributed by atoms with Crippen molar-refractivity contribution in [1.29, 1.82) is 0 Å². The number of morpholine rings is 1. The van der Waals surface area contributed by atoms with Crippen LogP contribution in [0.15, 0.2) is 94.8 Å². The Morgan fingerprint density at radius 2 is 1.81 bits per heavy atom. The lowest BCUT2D eigenvalue weighted by Crippen LogP contribution is -2.40. The highest BCUT2D eigenvalue weighted by atomic mass is 35.5. The van der Waals surface area contributed by atoms with E-state index in [-0.39, 0.29) is 11.8 Å². The second-order valence-electron chi connectivity index (χ2n) is 9.94. The maximum Gasteiger partial charge on any atom is 0.266 e. The molecule has 2 aliphatic heterocycles. The molecule has 4 aromatic carbocycles. The number of halogens is 1. The topological polar surface area (TPSA) is 71.4 Å². The Kier molecular flexibility index (Phi) is 8.28. The zero-order chi connectivity index (χ0) is 29.1. The molecule has 4 aromatic rings.